The first-order valence-electron chi connectivity index (χ1n) is 3.31. The second-order valence-corrected chi connectivity index (χ2v) is 4.97. The normalized spacial score (nSPS) is 17.7. The number of nitrogens with zero attached hydrogens (tertiary/aromatic N) is 2. The van der Waals surface area contributed by atoms with Crippen LogP contribution in [0.3, 0.4) is 0 Å². The predicted molar refractivity (Wildman–Crippen MR) is 43.9 cm³/mol. The van der Waals surface area contributed by atoms with Crippen molar-refractivity contribution in [2.75, 3.05) is 18.1 Å². The molecular weight excluding hydrogens is 145 g/mol. The van der Waals surface area contributed by atoms with Crippen LogP contribution in [0.2, 0.25) is 0 Å². The molecule has 2 heterocycles. The summed E-state index contributed by atoms with van der Waals surface area (Å²) in [5, 5.41) is 4.29. The summed E-state index contributed by atoms with van der Waals surface area (Å²) < 4.78 is 1.80. The molecule has 0 bridgehead atoms. The highest BCUT2D eigenvalue weighted by Crippen LogP contribution is 2.49. The lowest BCUT2D eigenvalue weighted by molar-refractivity contribution is 0.776. The lowest BCUT2D eigenvalue weighted by Gasteiger charge is -1.89. The third kappa shape index (κ3) is 0.907. The summed E-state index contributed by atoms with van der Waals surface area (Å²) >= 11 is 0. The van der Waals surface area contributed by atoms with E-state index in [0.29, 0.717) is 0 Å². The van der Waals surface area contributed by atoms with Crippen molar-refractivity contribution in [2.45, 2.75) is 0 Å². The van der Waals surface area contributed by atoms with Crippen LogP contribution in [-0.2, 0) is 7.05 Å². The Balaban J connectivity index is 2.38. The number of aryl methyl sites for hydroxylation is 1. The Labute approximate surface area is 61.0 Å². The van der Waals surface area contributed by atoms with E-state index in [9.17, 15) is 0 Å². The lowest BCUT2D eigenvalue weighted by Crippen LogP contribution is -2.03. The highest BCUT2D eigenvalue weighted by Gasteiger charge is 2.27. The fourth-order valence-electron chi connectivity index (χ4n) is 1.00. The zero-order valence-electron chi connectivity index (χ0n) is 5.91. The molecule has 0 radical (unpaired) electrons. The summed E-state index contributed by atoms with van der Waals surface area (Å²) in [4.78, 5) is 0. The van der Waals surface area contributed by atoms with Gasteiger partial charge >= 0.3 is 0 Å². The van der Waals surface area contributed by atoms with Gasteiger partial charge in [0.2, 0.25) is 0 Å². The van der Waals surface area contributed by atoms with E-state index >= 15 is 0 Å². The van der Waals surface area contributed by atoms with Crippen LogP contribution in [0.15, 0.2) is 6.20 Å². The zero-order chi connectivity index (χ0) is 7.14. The standard InChI is InChI=1S/C6H10N3P/c1-9-4-5(7)6(8-9)10-2-3-10/h4H,2-3,7H2,1H3. The Kier molecular flexibility index (Phi) is 1.21. The van der Waals surface area contributed by atoms with Gasteiger partial charge in [-0.2, -0.15) is 5.10 Å². The van der Waals surface area contributed by atoms with E-state index in [1.165, 1.54) is 12.3 Å². The number of nitrogens with two attached hydrogens (primary N) is 1. The van der Waals surface area contributed by atoms with Crippen LogP contribution >= 0.6 is 7.92 Å². The number of hydrogen-bond acceptors (Lipinski definition) is 2. The van der Waals surface area contributed by atoms with E-state index in [4.69, 9.17) is 5.73 Å². The van der Waals surface area contributed by atoms with E-state index in [1.54, 1.807) is 4.68 Å². The van der Waals surface area contributed by atoms with Gasteiger partial charge < -0.3 is 5.73 Å². The van der Waals surface area contributed by atoms with Gasteiger partial charge in [0.25, 0.3) is 0 Å². The molecule has 10 heavy (non-hydrogen) atoms. The molecular formula is C6H10N3P. The maximum absolute atomic E-state index is 5.72. The van der Waals surface area contributed by atoms with E-state index < -0.39 is 0 Å². The largest absolute Gasteiger partial charge is 0.396 e. The first-order valence-corrected chi connectivity index (χ1v) is 5.02. The summed E-state index contributed by atoms with van der Waals surface area (Å²) in [5.41, 5.74) is 7.76. The topological polar surface area (TPSA) is 43.8 Å². The van der Waals surface area contributed by atoms with Gasteiger partial charge in [-0.25, -0.2) is 0 Å². The summed E-state index contributed by atoms with van der Waals surface area (Å²) in [5.74, 6) is 0. The van der Waals surface area contributed by atoms with Crippen molar-refractivity contribution in [1.29, 1.82) is 0 Å². The van der Waals surface area contributed by atoms with Crippen LogP contribution in [0.5, 0.6) is 0 Å². The Hall–Kier alpha value is -0.560. The average molecular weight is 155 g/mol. The lowest BCUT2D eigenvalue weighted by atomic mass is 10.6. The van der Waals surface area contributed by atoms with Crippen molar-refractivity contribution in [2.24, 2.45) is 7.05 Å². The van der Waals surface area contributed by atoms with Crippen LogP contribution < -0.4 is 11.2 Å². The zero-order valence-corrected chi connectivity index (χ0v) is 6.80. The molecule has 0 aromatic carbocycles. The van der Waals surface area contributed by atoms with Gasteiger partial charge in [-0.05, 0) is 20.2 Å². The van der Waals surface area contributed by atoms with Gasteiger partial charge in [0, 0.05) is 13.2 Å². The molecule has 0 unspecified atom stereocenters. The molecule has 0 atom stereocenters. The summed E-state index contributed by atoms with van der Waals surface area (Å²) in [6.07, 6.45) is 4.54. The minimum Gasteiger partial charge on any atom is -0.396 e. The Bertz CT molecular complexity index is 251. The summed E-state index contributed by atoms with van der Waals surface area (Å²) in [6, 6.07) is 0. The molecule has 1 aromatic heterocycles. The second kappa shape index (κ2) is 1.96. The van der Waals surface area contributed by atoms with Crippen molar-refractivity contribution in [3.8, 4) is 0 Å². The molecule has 0 aliphatic carbocycles. The number of anilines is 1. The monoisotopic (exact) mass is 155 g/mol. The van der Waals surface area contributed by atoms with Crippen molar-refractivity contribution in [3.63, 3.8) is 0 Å². The Morgan fingerprint density at radius 2 is 2.40 bits per heavy atom. The van der Waals surface area contributed by atoms with E-state index in [-0.39, 0.29) is 7.92 Å². The number of nitrogen functional groups attached to an aromatic ring is 1. The first-order chi connectivity index (χ1) is 4.77. The summed E-state index contributed by atoms with van der Waals surface area (Å²) in [6.45, 7) is 0. The number of rotatable bonds is 1. The summed E-state index contributed by atoms with van der Waals surface area (Å²) in [7, 11) is 2.01. The fraction of sp³-hybridized carbons (Fsp3) is 0.500. The van der Waals surface area contributed by atoms with Gasteiger partial charge in [0.15, 0.2) is 0 Å². The van der Waals surface area contributed by atoms with Crippen LogP contribution in [-0.4, -0.2) is 22.1 Å². The molecule has 1 aromatic rings. The molecule has 0 spiro atoms. The Morgan fingerprint density at radius 3 is 2.80 bits per heavy atom. The van der Waals surface area contributed by atoms with Crippen LogP contribution in [0.4, 0.5) is 5.69 Å². The van der Waals surface area contributed by atoms with Gasteiger partial charge in [-0.15, -0.1) is 0 Å². The van der Waals surface area contributed by atoms with Crippen molar-refractivity contribution >= 4 is 19.0 Å². The molecule has 1 aliphatic rings. The highest BCUT2D eigenvalue weighted by molar-refractivity contribution is 7.72. The van der Waals surface area contributed by atoms with Crippen LogP contribution in [0.1, 0.15) is 0 Å². The quantitative estimate of drug-likeness (QED) is 0.585. The van der Waals surface area contributed by atoms with Crippen LogP contribution in [0.25, 0.3) is 0 Å². The predicted octanol–water partition coefficient (Wildman–Crippen LogP) is 0.123. The first kappa shape index (κ1) is 6.17. The molecule has 0 amide bonds. The molecule has 54 valence electrons. The van der Waals surface area contributed by atoms with Crippen molar-refractivity contribution in [3.05, 3.63) is 6.20 Å². The fourth-order valence-corrected chi connectivity index (χ4v) is 2.52. The molecule has 3 nitrogen and oxygen atoms in total. The molecule has 1 fully saturated rings. The minimum absolute atomic E-state index is 0.0975. The van der Waals surface area contributed by atoms with Crippen molar-refractivity contribution in [1.82, 2.24) is 9.78 Å². The van der Waals surface area contributed by atoms with E-state index in [0.717, 1.165) is 11.1 Å². The molecule has 2 N–H and O–H groups in total. The maximum atomic E-state index is 5.72. The SMILES string of the molecule is Cn1cc(N)c(P2CC2)n1. The maximum Gasteiger partial charge on any atom is 0.108 e. The third-order valence-corrected chi connectivity index (χ3v) is 3.42. The molecule has 2 rings (SSSR count). The molecule has 1 aliphatic heterocycles. The van der Waals surface area contributed by atoms with E-state index in [1.807, 2.05) is 13.2 Å². The second-order valence-electron chi connectivity index (χ2n) is 2.57. The minimum atomic E-state index is 0.0975. The van der Waals surface area contributed by atoms with Gasteiger partial charge in [0.1, 0.15) is 5.44 Å². The smallest absolute Gasteiger partial charge is 0.108 e. The van der Waals surface area contributed by atoms with Gasteiger partial charge in [0.05, 0.1) is 5.69 Å². The van der Waals surface area contributed by atoms with Crippen LogP contribution in [0, 0.1) is 0 Å². The average Bonchev–Trinajstić information content (AvgIpc) is 2.61. The Morgan fingerprint density at radius 1 is 1.70 bits per heavy atom. The molecule has 0 saturated carbocycles. The van der Waals surface area contributed by atoms with Gasteiger partial charge in [-0.1, -0.05) is 0 Å². The van der Waals surface area contributed by atoms with Crippen molar-refractivity contribution < 1.29 is 0 Å². The highest BCUT2D eigenvalue weighted by atomic mass is 31.1. The van der Waals surface area contributed by atoms with Gasteiger partial charge in [-0.3, -0.25) is 4.68 Å². The number of hydrogen-bond donors (Lipinski definition) is 1. The van der Waals surface area contributed by atoms with E-state index in [2.05, 4.69) is 5.10 Å². The number of aromatic nitrogens is 2. The molecule has 1 saturated heterocycles. The third-order valence-electron chi connectivity index (χ3n) is 1.58. The molecule has 4 heteroatoms.